The summed E-state index contributed by atoms with van der Waals surface area (Å²) in [5.74, 6) is -2.33. The minimum Gasteiger partial charge on any atom is -0.549 e. The molecule has 120 valence electrons. The number of hydrogen-bond acceptors (Lipinski definition) is 2. The highest BCUT2D eigenvalue weighted by molar-refractivity contribution is 5.74. The van der Waals surface area contributed by atoms with E-state index in [2.05, 4.69) is 6.58 Å². The van der Waals surface area contributed by atoms with Gasteiger partial charge in [0.2, 0.25) is 0 Å². The van der Waals surface area contributed by atoms with Crippen molar-refractivity contribution in [2.75, 3.05) is 0 Å². The van der Waals surface area contributed by atoms with E-state index in [1.165, 1.54) is 12.1 Å². The minimum atomic E-state index is -4.45. The molecule has 0 saturated carbocycles. The zero-order chi connectivity index (χ0) is 17.0. The minimum absolute atomic E-state index is 0.144. The number of benzene rings is 2. The monoisotopic (exact) mass is 319 g/mol. The summed E-state index contributed by atoms with van der Waals surface area (Å²) >= 11 is 0. The Labute approximate surface area is 131 Å². The number of carbonyl (C=O) groups is 1. The van der Waals surface area contributed by atoms with Crippen LogP contribution in [0.3, 0.4) is 0 Å². The van der Waals surface area contributed by atoms with Crippen molar-refractivity contribution in [2.24, 2.45) is 0 Å². The van der Waals surface area contributed by atoms with Gasteiger partial charge in [-0.1, -0.05) is 49.1 Å². The second-order valence-electron chi connectivity index (χ2n) is 5.14. The predicted octanol–water partition coefficient (Wildman–Crippen LogP) is 3.42. The topological polar surface area (TPSA) is 40.1 Å². The molecule has 0 spiro atoms. The Morgan fingerprint density at radius 2 is 1.65 bits per heavy atom. The Kier molecular flexibility index (Phi) is 4.89. The number of rotatable bonds is 5. The molecule has 0 heterocycles. The van der Waals surface area contributed by atoms with Crippen molar-refractivity contribution in [3.63, 3.8) is 0 Å². The van der Waals surface area contributed by atoms with Crippen molar-refractivity contribution in [3.8, 4) is 0 Å². The standard InChI is InChI=1S/C18H15F3O2/c1-2-12-3-5-13(6-4-12)11-16(17(22)23)14-7-9-15(10-8-14)18(19,20)21/h2-10,16H,1,11H2,(H,22,23)/p-1. The molecule has 0 saturated heterocycles. The van der Waals surface area contributed by atoms with Crippen LogP contribution in [0, 0.1) is 0 Å². The normalized spacial score (nSPS) is 12.7. The molecule has 23 heavy (non-hydrogen) atoms. The number of carboxylic acid groups (broad SMARTS) is 1. The van der Waals surface area contributed by atoms with E-state index in [0.29, 0.717) is 0 Å². The van der Waals surface area contributed by atoms with Crippen LogP contribution in [0.5, 0.6) is 0 Å². The van der Waals surface area contributed by atoms with E-state index in [-0.39, 0.29) is 12.0 Å². The summed E-state index contributed by atoms with van der Waals surface area (Å²) in [7, 11) is 0. The van der Waals surface area contributed by atoms with E-state index >= 15 is 0 Å². The van der Waals surface area contributed by atoms with Gasteiger partial charge in [0.05, 0.1) is 5.56 Å². The summed E-state index contributed by atoms with van der Waals surface area (Å²) in [5.41, 5.74) is 1.12. The average Bonchev–Trinajstić information content (AvgIpc) is 2.52. The molecule has 2 aromatic rings. The Balaban J connectivity index is 2.24. The molecule has 0 fully saturated rings. The summed E-state index contributed by atoms with van der Waals surface area (Å²) in [6.45, 7) is 3.63. The third-order valence-corrected chi connectivity index (χ3v) is 3.58. The fourth-order valence-corrected chi connectivity index (χ4v) is 2.27. The molecule has 2 aromatic carbocycles. The third-order valence-electron chi connectivity index (χ3n) is 3.58. The average molecular weight is 319 g/mol. The van der Waals surface area contributed by atoms with E-state index in [1.54, 1.807) is 30.3 Å². The molecule has 0 N–H and O–H groups in total. The molecular formula is C18H14F3O2-. The van der Waals surface area contributed by atoms with Crippen LogP contribution in [0.4, 0.5) is 13.2 Å². The van der Waals surface area contributed by atoms with Crippen molar-refractivity contribution in [3.05, 3.63) is 77.4 Å². The van der Waals surface area contributed by atoms with Gasteiger partial charge in [0.15, 0.2) is 0 Å². The van der Waals surface area contributed by atoms with Gasteiger partial charge in [-0.2, -0.15) is 13.2 Å². The van der Waals surface area contributed by atoms with Crippen LogP contribution in [0.1, 0.15) is 28.2 Å². The van der Waals surface area contributed by atoms with Gasteiger partial charge in [-0.3, -0.25) is 0 Å². The molecule has 1 atom stereocenters. The van der Waals surface area contributed by atoms with Gasteiger partial charge < -0.3 is 9.90 Å². The van der Waals surface area contributed by atoms with Gasteiger partial charge in [0.1, 0.15) is 0 Å². The lowest BCUT2D eigenvalue weighted by Crippen LogP contribution is -2.31. The summed E-state index contributed by atoms with van der Waals surface area (Å²) in [4.78, 5) is 11.4. The van der Waals surface area contributed by atoms with E-state index < -0.39 is 23.6 Å². The first-order chi connectivity index (χ1) is 10.8. The molecule has 2 rings (SSSR count). The van der Waals surface area contributed by atoms with Crippen LogP contribution in [0.25, 0.3) is 6.08 Å². The van der Waals surface area contributed by atoms with E-state index in [1.807, 2.05) is 0 Å². The lowest BCUT2D eigenvalue weighted by molar-refractivity contribution is -0.308. The summed E-state index contributed by atoms with van der Waals surface area (Å²) in [6, 6.07) is 11.2. The van der Waals surface area contributed by atoms with Crippen LogP contribution in [0.2, 0.25) is 0 Å². The molecule has 0 amide bonds. The van der Waals surface area contributed by atoms with Crippen molar-refractivity contribution >= 4 is 12.0 Å². The zero-order valence-electron chi connectivity index (χ0n) is 12.1. The van der Waals surface area contributed by atoms with E-state index in [0.717, 1.165) is 23.3 Å². The predicted molar refractivity (Wildman–Crippen MR) is 79.4 cm³/mol. The highest BCUT2D eigenvalue weighted by atomic mass is 19.4. The highest BCUT2D eigenvalue weighted by Gasteiger charge is 2.30. The van der Waals surface area contributed by atoms with E-state index in [4.69, 9.17) is 0 Å². The first kappa shape index (κ1) is 16.8. The largest absolute Gasteiger partial charge is 0.549 e. The van der Waals surface area contributed by atoms with Gasteiger partial charge in [-0.15, -0.1) is 0 Å². The van der Waals surface area contributed by atoms with Gasteiger partial charge >= 0.3 is 6.18 Å². The fourth-order valence-electron chi connectivity index (χ4n) is 2.27. The molecule has 1 unspecified atom stereocenters. The molecule has 0 aliphatic carbocycles. The molecular weight excluding hydrogens is 305 g/mol. The van der Waals surface area contributed by atoms with Crippen LogP contribution in [0.15, 0.2) is 55.1 Å². The lowest BCUT2D eigenvalue weighted by atomic mass is 9.91. The summed E-state index contributed by atoms with van der Waals surface area (Å²) < 4.78 is 37.7. The summed E-state index contributed by atoms with van der Waals surface area (Å²) in [6.07, 6.45) is -2.64. The number of halogens is 3. The second kappa shape index (κ2) is 6.69. The maximum absolute atomic E-state index is 12.6. The van der Waals surface area contributed by atoms with Crippen molar-refractivity contribution in [2.45, 2.75) is 18.5 Å². The number of carboxylic acids is 1. The van der Waals surface area contributed by atoms with Crippen molar-refractivity contribution < 1.29 is 23.1 Å². The SMILES string of the molecule is C=Cc1ccc(CC(C(=O)[O-])c2ccc(C(F)(F)F)cc2)cc1. The molecule has 0 aliphatic rings. The first-order valence-electron chi connectivity index (χ1n) is 6.90. The van der Waals surface area contributed by atoms with Gasteiger partial charge in [-0.25, -0.2) is 0 Å². The Bertz CT molecular complexity index is 686. The smallest absolute Gasteiger partial charge is 0.416 e. The molecule has 0 radical (unpaired) electrons. The Morgan fingerprint density at radius 1 is 1.09 bits per heavy atom. The summed E-state index contributed by atoms with van der Waals surface area (Å²) in [5, 5.41) is 11.4. The van der Waals surface area contributed by atoms with Crippen LogP contribution < -0.4 is 5.11 Å². The third kappa shape index (κ3) is 4.22. The zero-order valence-corrected chi connectivity index (χ0v) is 12.1. The van der Waals surface area contributed by atoms with Crippen LogP contribution in [-0.2, 0) is 17.4 Å². The van der Waals surface area contributed by atoms with E-state index in [9.17, 15) is 23.1 Å². The van der Waals surface area contributed by atoms with Crippen LogP contribution in [-0.4, -0.2) is 5.97 Å². The number of carbonyl (C=O) groups excluding carboxylic acids is 1. The molecule has 5 heteroatoms. The maximum Gasteiger partial charge on any atom is 0.416 e. The lowest BCUT2D eigenvalue weighted by Gasteiger charge is -2.19. The Hall–Kier alpha value is -2.56. The quantitative estimate of drug-likeness (QED) is 0.847. The molecule has 0 bridgehead atoms. The maximum atomic E-state index is 12.6. The molecule has 0 aliphatic heterocycles. The first-order valence-corrected chi connectivity index (χ1v) is 6.90. The molecule has 0 aromatic heterocycles. The van der Waals surface area contributed by atoms with Crippen molar-refractivity contribution in [1.82, 2.24) is 0 Å². The van der Waals surface area contributed by atoms with Gasteiger partial charge in [0.25, 0.3) is 0 Å². The van der Waals surface area contributed by atoms with Crippen LogP contribution >= 0.6 is 0 Å². The second-order valence-corrected chi connectivity index (χ2v) is 5.14. The number of aliphatic carboxylic acids is 1. The van der Waals surface area contributed by atoms with Gasteiger partial charge in [0, 0.05) is 11.9 Å². The van der Waals surface area contributed by atoms with Gasteiger partial charge in [-0.05, 0) is 35.2 Å². The Morgan fingerprint density at radius 3 is 2.09 bits per heavy atom. The highest BCUT2D eigenvalue weighted by Crippen LogP contribution is 2.30. The number of alkyl halides is 3. The number of hydrogen-bond donors (Lipinski definition) is 0. The molecule has 2 nitrogen and oxygen atoms in total. The van der Waals surface area contributed by atoms with Crippen molar-refractivity contribution in [1.29, 1.82) is 0 Å². The fraction of sp³-hybridized carbons (Fsp3) is 0.167.